The summed E-state index contributed by atoms with van der Waals surface area (Å²) in [5, 5.41) is 3.19. The quantitative estimate of drug-likeness (QED) is 0.666. The van der Waals surface area contributed by atoms with Gasteiger partial charge in [-0.25, -0.2) is 0 Å². The van der Waals surface area contributed by atoms with E-state index in [1.165, 1.54) is 0 Å². The maximum Gasteiger partial charge on any atom is 0.237 e. The second kappa shape index (κ2) is 5.19. The Kier molecular flexibility index (Phi) is 4.18. The SMILES string of the molecule is CCCC1NCC(=O)N1CCOC. The van der Waals surface area contributed by atoms with E-state index < -0.39 is 0 Å². The van der Waals surface area contributed by atoms with Gasteiger partial charge in [0.1, 0.15) is 0 Å². The lowest BCUT2D eigenvalue weighted by Gasteiger charge is -2.23. The minimum Gasteiger partial charge on any atom is -0.383 e. The lowest BCUT2D eigenvalue weighted by molar-refractivity contribution is -0.128. The highest BCUT2D eigenvalue weighted by Crippen LogP contribution is 2.09. The Morgan fingerprint density at radius 3 is 3.08 bits per heavy atom. The van der Waals surface area contributed by atoms with Crippen LogP contribution in [-0.2, 0) is 9.53 Å². The van der Waals surface area contributed by atoms with Crippen molar-refractivity contribution in [2.75, 3.05) is 26.8 Å². The number of amides is 1. The molecular weight excluding hydrogens is 168 g/mol. The smallest absolute Gasteiger partial charge is 0.237 e. The molecule has 1 rings (SSSR count). The summed E-state index contributed by atoms with van der Waals surface area (Å²) in [6.07, 6.45) is 2.34. The third-order valence-corrected chi connectivity index (χ3v) is 2.28. The number of carbonyl (C=O) groups is 1. The fourth-order valence-electron chi connectivity index (χ4n) is 1.59. The molecule has 0 aromatic rings. The van der Waals surface area contributed by atoms with Crippen molar-refractivity contribution in [3.8, 4) is 0 Å². The van der Waals surface area contributed by atoms with Crippen LogP contribution in [0.2, 0.25) is 0 Å². The van der Waals surface area contributed by atoms with Crippen LogP contribution in [0.15, 0.2) is 0 Å². The molecule has 0 bridgehead atoms. The molecule has 1 heterocycles. The van der Waals surface area contributed by atoms with E-state index in [9.17, 15) is 4.79 Å². The second-order valence-corrected chi connectivity index (χ2v) is 3.27. The molecule has 1 aliphatic rings. The van der Waals surface area contributed by atoms with Crippen molar-refractivity contribution in [3.05, 3.63) is 0 Å². The van der Waals surface area contributed by atoms with E-state index in [-0.39, 0.29) is 12.1 Å². The van der Waals surface area contributed by atoms with Crippen molar-refractivity contribution in [1.29, 1.82) is 0 Å². The normalized spacial score (nSPS) is 22.8. The van der Waals surface area contributed by atoms with E-state index >= 15 is 0 Å². The number of rotatable bonds is 5. The van der Waals surface area contributed by atoms with Gasteiger partial charge in [0.05, 0.1) is 19.3 Å². The molecule has 4 nitrogen and oxygen atoms in total. The lowest BCUT2D eigenvalue weighted by atomic mass is 10.2. The van der Waals surface area contributed by atoms with Crippen molar-refractivity contribution < 1.29 is 9.53 Å². The zero-order chi connectivity index (χ0) is 9.68. The number of methoxy groups -OCH3 is 1. The van der Waals surface area contributed by atoms with Crippen LogP contribution in [0.1, 0.15) is 19.8 Å². The first-order chi connectivity index (χ1) is 6.29. The first kappa shape index (κ1) is 10.5. The molecule has 13 heavy (non-hydrogen) atoms. The van der Waals surface area contributed by atoms with Gasteiger partial charge in [0.25, 0.3) is 0 Å². The van der Waals surface area contributed by atoms with Crippen molar-refractivity contribution in [2.24, 2.45) is 0 Å². The van der Waals surface area contributed by atoms with E-state index in [0.29, 0.717) is 19.7 Å². The number of nitrogens with zero attached hydrogens (tertiary/aromatic N) is 1. The van der Waals surface area contributed by atoms with E-state index in [1.807, 2.05) is 4.90 Å². The predicted octanol–water partition coefficient (Wildman–Crippen LogP) is 0.191. The summed E-state index contributed by atoms with van der Waals surface area (Å²) in [6, 6.07) is 0. The number of hydrogen-bond donors (Lipinski definition) is 1. The minimum absolute atomic E-state index is 0.190. The maximum atomic E-state index is 11.4. The summed E-state index contributed by atoms with van der Waals surface area (Å²) in [4.78, 5) is 13.2. The summed E-state index contributed by atoms with van der Waals surface area (Å²) in [5.41, 5.74) is 0. The highest BCUT2D eigenvalue weighted by molar-refractivity contribution is 5.80. The van der Waals surface area contributed by atoms with Gasteiger partial charge in [0.15, 0.2) is 0 Å². The molecule has 1 amide bonds. The zero-order valence-electron chi connectivity index (χ0n) is 8.38. The standard InChI is InChI=1S/C9H18N2O2/c1-3-4-8-10-7-9(12)11(8)5-6-13-2/h8,10H,3-7H2,1-2H3. The Balaban J connectivity index is 2.40. The molecule has 1 fully saturated rings. The van der Waals surface area contributed by atoms with Crippen LogP contribution in [0, 0.1) is 0 Å². The van der Waals surface area contributed by atoms with Gasteiger partial charge in [0.2, 0.25) is 5.91 Å². The van der Waals surface area contributed by atoms with Gasteiger partial charge in [-0.1, -0.05) is 13.3 Å². The Hall–Kier alpha value is -0.610. The van der Waals surface area contributed by atoms with E-state index in [1.54, 1.807) is 7.11 Å². The predicted molar refractivity (Wildman–Crippen MR) is 50.3 cm³/mol. The van der Waals surface area contributed by atoms with Crippen LogP contribution in [-0.4, -0.2) is 43.8 Å². The first-order valence-electron chi connectivity index (χ1n) is 4.81. The molecule has 0 aromatic carbocycles. The van der Waals surface area contributed by atoms with Crippen LogP contribution in [0.5, 0.6) is 0 Å². The van der Waals surface area contributed by atoms with E-state index in [2.05, 4.69) is 12.2 Å². The average Bonchev–Trinajstić information content (AvgIpc) is 2.45. The van der Waals surface area contributed by atoms with Gasteiger partial charge in [-0.15, -0.1) is 0 Å². The van der Waals surface area contributed by atoms with Gasteiger partial charge in [0, 0.05) is 13.7 Å². The van der Waals surface area contributed by atoms with Crippen molar-refractivity contribution in [3.63, 3.8) is 0 Å². The fourth-order valence-corrected chi connectivity index (χ4v) is 1.59. The molecule has 1 atom stereocenters. The lowest BCUT2D eigenvalue weighted by Crippen LogP contribution is -2.39. The Labute approximate surface area is 79.2 Å². The largest absolute Gasteiger partial charge is 0.383 e. The number of hydrogen-bond acceptors (Lipinski definition) is 3. The van der Waals surface area contributed by atoms with Gasteiger partial charge in [-0.3, -0.25) is 10.1 Å². The number of ether oxygens (including phenoxy) is 1. The van der Waals surface area contributed by atoms with Gasteiger partial charge in [-0.2, -0.15) is 0 Å². The Morgan fingerprint density at radius 2 is 2.46 bits per heavy atom. The van der Waals surface area contributed by atoms with Crippen molar-refractivity contribution in [1.82, 2.24) is 10.2 Å². The van der Waals surface area contributed by atoms with Gasteiger partial charge in [-0.05, 0) is 6.42 Å². The van der Waals surface area contributed by atoms with Crippen LogP contribution in [0.4, 0.5) is 0 Å². The van der Waals surface area contributed by atoms with E-state index in [0.717, 1.165) is 12.8 Å². The third kappa shape index (κ3) is 2.67. The Bertz CT molecular complexity index is 173. The molecule has 76 valence electrons. The fraction of sp³-hybridized carbons (Fsp3) is 0.889. The van der Waals surface area contributed by atoms with Crippen LogP contribution in [0.25, 0.3) is 0 Å². The highest BCUT2D eigenvalue weighted by Gasteiger charge is 2.28. The number of carbonyl (C=O) groups excluding carboxylic acids is 1. The molecule has 0 radical (unpaired) electrons. The van der Waals surface area contributed by atoms with Gasteiger partial charge < -0.3 is 9.64 Å². The Morgan fingerprint density at radius 1 is 1.69 bits per heavy atom. The zero-order valence-corrected chi connectivity index (χ0v) is 8.38. The van der Waals surface area contributed by atoms with Crippen molar-refractivity contribution >= 4 is 5.91 Å². The monoisotopic (exact) mass is 186 g/mol. The topological polar surface area (TPSA) is 41.6 Å². The maximum absolute atomic E-state index is 11.4. The summed E-state index contributed by atoms with van der Waals surface area (Å²) in [5.74, 6) is 0.190. The van der Waals surface area contributed by atoms with Gasteiger partial charge >= 0.3 is 0 Å². The average molecular weight is 186 g/mol. The second-order valence-electron chi connectivity index (χ2n) is 3.27. The first-order valence-corrected chi connectivity index (χ1v) is 4.81. The molecular formula is C9H18N2O2. The van der Waals surface area contributed by atoms with Crippen molar-refractivity contribution in [2.45, 2.75) is 25.9 Å². The molecule has 0 saturated carbocycles. The molecule has 1 aliphatic heterocycles. The summed E-state index contributed by atoms with van der Waals surface area (Å²) >= 11 is 0. The number of nitrogens with one attached hydrogen (secondary N) is 1. The molecule has 0 aromatic heterocycles. The molecule has 1 saturated heterocycles. The summed E-state index contributed by atoms with van der Waals surface area (Å²) in [6.45, 7) is 3.92. The molecule has 4 heteroatoms. The molecule has 1 N–H and O–H groups in total. The van der Waals surface area contributed by atoms with E-state index in [4.69, 9.17) is 4.74 Å². The van der Waals surface area contributed by atoms with Crippen LogP contribution >= 0.6 is 0 Å². The van der Waals surface area contributed by atoms with Crippen LogP contribution in [0.3, 0.4) is 0 Å². The molecule has 1 unspecified atom stereocenters. The molecule has 0 spiro atoms. The highest BCUT2D eigenvalue weighted by atomic mass is 16.5. The minimum atomic E-state index is 0.190. The van der Waals surface area contributed by atoms with Crippen LogP contribution < -0.4 is 5.32 Å². The molecule has 0 aliphatic carbocycles. The third-order valence-electron chi connectivity index (χ3n) is 2.28. The summed E-state index contributed by atoms with van der Waals surface area (Å²) in [7, 11) is 1.66. The summed E-state index contributed by atoms with van der Waals surface area (Å²) < 4.78 is 4.96.